The molecule has 0 aliphatic rings. The second-order valence-corrected chi connectivity index (χ2v) is 3.04. The lowest BCUT2D eigenvalue weighted by atomic mass is 10.1. The van der Waals surface area contributed by atoms with Crippen LogP contribution in [0.4, 0.5) is 0 Å². The van der Waals surface area contributed by atoms with E-state index in [-0.39, 0.29) is 0 Å². The van der Waals surface area contributed by atoms with E-state index in [0.717, 1.165) is 26.0 Å². The van der Waals surface area contributed by atoms with Crippen LogP contribution in [0, 0.1) is 0 Å². The van der Waals surface area contributed by atoms with Gasteiger partial charge in [0, 0.05) is 12.8 Å². The standard InChI is InChI=1S/C10H18N2O/c1-4-9-8-11-12(6-7-13-3)10(9)5-2/h8H,4-7H2,1-3H3. The van der Waals surface area contributed by atoms with Gasteiger partial charge < -0.3 is 4.74 Å². The molecular weight excluding hydrogens is 164 g/mol. The van der Waals surface area contributed by atoms with Gasteiger partial charge in [-0.05, 0) is 18.4 Å². The molecule has 0 bridgehead atoms. The van der Waals surface area contributed by atoms with Gasteiger partial charge in [0.05, 0.1) is 19.3 Å². The third-order valence-corrected chi connectivity index (χ3v) is 2.26. The van der Waals surface area contributed by atoms with Crippen LogP contribution in [0.15, 0.2) is 6.20 Å². The highest BCUT2D eigenvalue weighted by atomic mass is 16.5. The second kappa shape index (κ2) is 5.02. The molecule has 3 heteroatoms. The van der Waals surface area contributed by atoms with Crippen molar-refractivity contribution < 1.29 is 4.74 Å². The Morgan fingerprint density at radius 2 is 2.15 bits per heavy atom. The van der Waals surface area contributed by atoms with Gasteiger partial charge in [0.25, 0.3) is 0 Å². The number of rotatable bonds is 5. The molecule has 0 aromatic carbocycles. The summed E-state index contributed by atoms with van der Waals surface area (Å²) in [6.45, 7) is 5.92. The van der Waals surface area contributed by atoms with Crippen molar-refractivity contribution in [2.45, 2.75) is 33.2 Å². The van der Waals surface area contributed by atoms with Crippen LogP contribution in [0.2, 0.25) is 0 Å². The fourth-order valence-corrected chi connectivity index (χ4v) is 1.52. The first-order valence-electron chi connectivity index (χ1n) is 4.85. The number of hydrogen-bond donors (Lipinski definition) is 0. The minimum absolute atomic E-state index is 0.734. The molecule has 1 heterocycles. The average molecular weight is 182 g/mol. The fourth-order valence-electron chi connectivity index (χ4n) is 1.52. The third kappa shape index (κ3) is 2.31. The Labute approximate surface area is 79.7 Å². The molecule has 13 heavy (non-hydrogen) atoms. The number of ether oxygens (including phenoxy) is 1. The second-order valence-electron chi connectivity index (χ2n) is 3.04. The molecule has 0 atom stereocenters. The highest BCUT2D eigenvalue weighted by Gasteiger charge is 2.06. The Balaban J connectivity index is 2.75. The molecule has 0 radical (unpaired) electrons. The molecule has 0 fully saturated rings. The van der Waals surface area contributed by atoms with Gasteiger partial charge in [0.2, 0.25) is 0 Å². The summed E-state index contributed by atoms with van der Waals surface area (Å²) in [5.74, 6) is 0. The van der Waals surface area contributed by atoms with Crippen molar-refractivity contribution in [1.29, 1.82) is 0 Å². The highest BCUT2D eigenvalue weighted by Crippen LogP contribution is 2.09. The van der Waals surface area contributed by atoms with E-state index in [4.69, 9.17) is 4.74 Å². The van der Waals surface area contributed by atoms with Crippen molar-refractivity contribution in [3.05, 3.63) is 17.5 Å². The summed E-state index contributed by atoms with van der Waals surface area (Å²) in [5, 5.41) is 4.33. The van der Waals surface area contributed by atoms with Crippen molar-refractivity contribution in [2.24, 2.45) is 0 Å². The molecule has 1 rings (SSSR count). The lowest BCUT2D eigenvalue weighted by Gasteiger charge is -2.05. The summed E-state index contributed by atoms with van der Waals surface area (Å²) >= 11 is 0. The summed E-state index contributed by atoms with van der Waals surface area (Å²) in [6, 6.07) is 0. The first-order valence-corrected chi connectivity index (χ1v) is 4.85. The molecule has 1 aromatic heterocycles. The first kappa shape index (κ1) is 10.3. The maximum atomic E-state index is 5.03. The normalized spacial score (nSPS) is 10.7. The number of aromatic nitrogens is 2. The zero-order chi connectivity index (χ0) is 9.68. The molecule has 0 amide bonds. The SMILES string of the molecule is CCc1cnn(CCOC)c1CC. The van der Waals surface area contributed by atoms with Crippen LogP contribution in [0.25, 0.3) is 0 Å². The fraction of sp³-hybridized carbons (Fsp3) is 0.700. The zero-order valence-corrected chi connectivity index (χ0v) is 8.71. The summed E-state index contributed by atoms with van der Waals surface area (Å²) in [4.78, 5) is 0. The minimum atomic E-state index is 0.734. The molecule has 0 saturated carbocycles. The predicted octanol–water partition coefficient (Wildman–Crippen LogP) is 1.65. The molecule has 3 nitrogen and oxygen atoms in total. The van der Waals surface area contributed by atoms with E-state index in [9.17, 15) is 0 Å². The van der Waals surface area contributed by atoms with Gasteiger partial charge in [-0.25, -0.2) is 0 Å². The highest BCUT2D eigenvalue weighted by molar-refractivity contribution is 5.17. The summed E-state index contributed by atoms with van der Waals surface area (Å²) in [5.41, 5.74) is 2.71. The average Bonchev–Trinajstić information content (AvgIpc) is 2.56. The topological polar surface area (TPSA) is 27.1 Å². The smallest absolute Gasteiger partial charge is 0.0658 e. The lowest BCUT2D eigenvalue weighted by Crippen LogP contribution is -2.09. The van der Waals surface area contributed by atoms with E-state index in [2.05, 4.69) is 18.9 Å². The Bertz CT molecular complexity index is 255. The molecule has 0 unspecified atom stereocenters. The van der Waals surface area contributed by atoms with Crippen LogP contribution in [-0.4, -0.2) is 23.5 Å². The van der Waals surface area contributed by atoms with Crippen LogP contribution in [0.5, 0.6) is 0 Å². The summed E-state index contributed by atoms with van der Waals surface area (Å²) in [7, 11) is 1.72. The minimum Gasteiger partial charge on any atom is -0.383 e. The van der Waals surface area contributed by atoms with Gasteiger partial charge in [-0.15, -0.1) is 0 Å². The van der Waals surface area contributed by atoms with Crippen molar-refractivity contribution in [3.8, 4) is 0 Å². The maximum absolute atomic E-state index is 5.03. The van der Waals surface area contributed by atoms with E-state index in [1.54, 1.807) is 7.11 Å². The van der Waals surface area contributed by atoms with E-state index in [1.807, 2.05) is 10.9 Å². The van der Waals surface area contributed by atoms with Crippen LogP contribution >= 0.6 is 0 Å². The molecule has 1 aromatic rings. The number of hydrogen-bond acceptors (Lipinski definition) is 2. The van der Waals surface area contributed by atoms with Crippen molar-refractivity contribution in [2.75, 3.05) is 13.7 Å². The van der Waals surface area contributed by atoms with E-state index in [0.29, 0.717) is 0 Å². The number of nitrogens with zero attached hydrogens (tertiary/aromatic N) is 2. The number of aryl methyl sites for hydroxylation is 1. The summed E-state index contributed by atoms with van der Waals surface area (Å²) < 4.78 is 7.07. The summed E-state index contributed by atoms with van der Waals surface area (Å²) in [6.07, 6.45) is 4.08. The van der Waals surface area contributed by atoms with Crippen molar-refractivity contribution >= 4 is 0 Å². The van der Waals surface area contributed by atoms with E-state index in [1.165, 1.54) is 11.3 Å². The van der Waals surface area contributed by atoms with E-state index >= 15 is 0 Å². The van der Waals surface area contributed by atoms with Gasteiger partial charge >= 0.3 is 0 Å². The number of methoxy groups -OCH3 is 1. The predicted molar refractivity (Wildman–Crippen MR) is 52.9 cm³/mol. The Morgan fingerprint density at radius 1 is 1.38 bits per heavy atom. The molecule has 0 aliphatic heterocycles. The Morgan fingerprint density at radius 3 is 2.69 bits per heavy atom. The molecule has 0 aliphatic carbocycles. The van der Waals surface area contributed by atoms with E-state index < -0.39 is 0 Å². The molecule has 74 valence electrons. The van der Waals surface area contributed by atoms with Gasteiger partial charge in [-0.1, -0.05) is 13.8 Å². The largest absolute Gasteiger partial charge is 0.383 e. The van der Waals surface area contributed by atoms with Crippen molar-refractivity contribution in [3.63, 3.8) is 0 Å². The molecular formula is C10H18N2O. The van der Waals surface area contributed by atoms with Gasteiger partial charge in [0.15, 0.2) is 0 Å². The van der Waals surface area contributed by atoms with Gasteiger partial charge in [0.1, 0.15) is 0 Å². The Hall–Kier alpha value is -0.830. The van der Waals surface area contributed by atoms with Gasteiger partial charge in [-0.2, -0.15) is 5.10 Å². The van der Waals surface area contributed by atoms with Crippen LogP contribution in [-0.2, 0) is 24.1 Å². The third-order valence-electron chi connectivity index (χ3n) is 2.26. The van der Waals surface area contributed by atoms with Crippen LogP contribution in [0.3, 0.4) is 0 Å². The van der Waals surface area contributed by atoms with Gasteiger partial charge in [-0.3, -0.25) is 4.68 Å². The Kier molecular flexibility index (Phi) is 3.96. The first-order chi connectivity index (χ1) is 6.33. The molecule has 0 saturated heterocycles. The lowest BCUT2D eigenvalue weighted by molar-refractivity contribution is 0.182. The monoisotopic (exact) mass is 182 g/mol. The maximum Gasteiger partial charge on any atom is 0.0658 e. The quantitative estimate of drug-likeness (QED) is 0.692. The van der Waals surface area contributed by atoms with Crippen LogP contribution < -0.4 is 0 Å². The van der Waals surface area contributed by atoms with Crippen molar-refractivity contribution in [1.82, 2.24) is 9.78 Å². The zero-order valence-electron chi connectivity index (χ0n) is 8.71. The van der Waals surface area contributed by atoms with Crippen LogP contribution in [0.1, 0.15) is 25.1 Å². The molecule has 0 spiro atoms. The molecule has 0 N–H and O–H groups in total.